The average molecular weight is 315 g/mol. The van der Waals surface area contributed by atoms with Crippen molar-refractivity contribution in [1.29, 1.82) is 0 Å². The summed E-state index contributed by atoms with van der Waals surface area (Å²) in [6.07, 6.45) is 4.47. The van der Waals surface area contributed by atoms with Gasteiger partial charge in [0, 0.05) is 11.4 Å². The number of esters is 1. The van der Waals surface area contributed by atoms with Crippen molar-refractivity contribution >= 4 is 22.8 Å². The predicted molar refractivity (Wildman–Crippen MR) is 85.9 cm³/mol. The number of hydrogen-bond donors (Lipinski definition) is 2. The molecule has 3 rings (SSSR count). The van der Waals surface area contributed by atoms with Crippen molar-refractivity contribution in [2.45, 2.75) is 38.6 Å². The average Bonchev–Trinajstić information content (AvgIpc) is 2.99. The number of ether oxygens (including phenoxy) is 1. The van der Waals surface area contributed by atoms with E-state index in [4.69, 9.17) is 4.74 Å². The largest absolute Gasteiger partial charge is 0.451 e. The molecule has 0 bridgehead atoms. The van der Waals surface area contributed by atoms with Gasteiger partial charge in [-0.2, -0.15) is 5.10 Å². The summed E-state index contributed by atoms with van der Waals surface area (Å²) in [5.74, 6) is -0.370. The molecule has 1 amide bonds. The van der Waals surface area contributed by atoms with Crippen molar-refractivity contribution in [3.05, 3.63) is 30.0 Å². The molecular weight excluding hydrogens is 294 g/mol. The second-order valence-electron chi connectivity index (χ2n) is 6.13. The van der Waals surface area contributed by atoms with Gasteiger partial charge in [0.05, 0.1) is 5.52 Å². The van der Waals surface area contributed by atoms with Gasteiger partial charge in [-0.1, -0.05) is 38.0 Å². The lowest BCUT2D eigenvalue weighted by molar-refractivity contribution is -0.125. The number of aromatic nitrogens is 2. The smallest absolute Gasteiger partial charge is 0.359 e. The van der Waals surface area contributed by atoms with Crippen molar-refractivity contribution in [2.24, 2.45) is 5.92 Å². The normalized spacial score (nSPS) is 21.1. The van der Waals surface area contributed by atoms with Crippen LogP contribution in [0.2, 0.25) is 0 Å². The molecule has 0 saturated heterocycles. The molecule has 2 aromatic rings. The van der Waals surface area contributed by atoms with E-state index < -0.39 is 5.97 Å². The summed E-state index contributed by atoms with van der Waals surface area (Å²) in [7, 11) is 0. The molecule has 1 aliphatic carbocycles. The maximum Gasteiger partial charge on any atom is 0.359 e. The first kappa shape index (κ1) is 15.5. The molecule has 0 spiro atoms. The van der Waals surface area contributed by atoms with Gasteiger partial charge in [-0.25, -0.2) is 4.79 Å². The number of amides is 1. The van der Waals surface area contributed by atoms with Gasteiger partial charge in [-0.3, -0.25) is 9.89 Å². The molecule has 23 heavy (non-hydrogen) atoms. The highest BCUT2D eigenvalue weighted by Gasteiger charge is 2.23. The minimum absolute atomic E-state index is 0.182. The SMILES string of the molecule is C[C@@H]1CCCC[C@@H]1NC(=O)COC(=O)c1n[nH]c2ccccc12. The van der Waals surface area contributed by atoms with Crippen LogP contribution in [0.3, 0.4) is 0 Å². The van der Waals surface area contributed by atoms with E-state index in [0.717, 1.165) is 24.8 Å². The summed E-state index contributed by atoms with van der Waals surface area (Å²) in [6, 6.07) is 7.48. The van der Waals surface area contributed by atoms with Crippen molar-refractivity contribution in [1.82, 2.24) is 15.5 Å². The number of rotatable bonds is 4. The van der Waals surface area contributed by atoms with E-state index in [0.29, 0.717) is 11.3 Å². The fraction of sp³-hybridized carbons (Fsp3) is 0.471. The molecule has 2 N–H and O–H groups in total. The molecule has 1 fully saturated rings. The van der Waals surface area contributed by atoms with Crippen LogP contribution in [0, 0.1) is 5.92 Å². The van der Waals surface area contributed by atoms with Crippen LogP contribution in [0.15, 0.2) is 24.3 Å². The van der Waals surface area contributed by atoms with E-state index >= 15 is 0 Å². The van der Waals surface area contributed by atoms with Crippen LogP contribution in [0.1, 0.15) is 43.1 Å². The van der Waals surface area contributed by atoms with Gasteiger partial charge >= 0.3 is 5.97 Å². The second-order valence-corrected chi connectivity index (χ2v) is 6.13. The minimum atomic E-state index is -0.589. The Morgan fingerprint density at radius 1 is 1.30 bits per heavy atom. The molecule has 6 heteroatoms. The van der Waals surface area contributed by atoms with Gasteiger partial charge in [0.1, 0.15) is 0 Å². The van der Waals surface area contributed by atoms with Crippen molar-refractivity contribution in [3.8, 4) is 0 Å². The van der Waals surface area contributed by atoms with E-state index in [1.54, 1.807) is 6.07 Å². The van der Waals surface area contributed by atoms with Gasteiger partial charge in [-0.15, -0.1) is 0 Å². The Bertz CT molecular complexity index is 710. The third kappa shape index (κ3) is 3.52. The first-order valence-electron chi connectivity index (χ1n) is 8.05. The lowest BCUT2D eigenvalue weighted by Gasteiger charge is -2.29. The first-order chi connectivity index (χ1) is 11.1. The molecular formula is C17H21N3O3. The van der Waals surface area contributed by atoms with Crippen LogP contribution >= 0.6 is 0 Å². The van der Waals surface area contributed by atoms with Gasteiger partial charge in [0.15, 0.2) is 12.3 Å². The number of para-hydroxylation sites is 1. The number of fused-ring (bicyclic) bond motifs is 1. The maximum absolute atomic E-state index is 12.1. The van der Waals surface area contributed by atoms with E-state index in [-0.39, 0.29) is 24.2 Å². The van der Waals surface area contributed by atoms with E-state index in [1.807, 2.05) is 18.2 Å². The van der Waals surface area contributed by atoms with Crippen LogP contribution < -0.4 is 5.32 Å². The number of carbonyl (C=O) groups is 2. The molecule has 2 atom stereocenters. The molecule has 0 radical (unpaired) electrons. The highest BCUT2D eigenvalue weighted by Crippen LogP contribution is 2.23. The Morgan fingerprint density at radius 2 is 2.09 bits per heavy atom. The van der Waals surface area contributed by atoms with Crippen LogP contribution in [-0.2, 0) is 9.53 Å². The second kappa shape index (κ2) is 6.81. The van der Waals surface area contributed by atoms with Crippen molar-refractivity contribution in [3.63, 3.8) is 0 Å². The molecule has 1 heterocycles. The summed E-state index contributed by atoms with van der Waals surface area (Å²) in [6.45, 7) is 1.87. The lowest BCUT2D eigenvalue weighted by atomic mass is 9.86. The molecule has 6 nitrogen and oxygen atoms in total. The summed E-state index contributed by atoms with van der Waals surface area (Å²) in [5, 5.41) is 10.4. The molecule has 0 unspecified atom stereocenters. The molecule has 1 aliphatic rings. The molecule has 1 saturated carbocycles. The van der Waals surface area contributed by atoms with E-state index in [9.17, 15) is 9.59 Å². The highest BCUT2D eigenvalue weighted by molar-refractivity contribution is 6.02. The third-order valence-electron chi connectivity index (χ3n) is 4.46. The monoisotopic (exact) mass is 315 g/mol. The van der Waals surface area contributed by atoms with Gasteiger partial charge < -0.3 is 10.1 Å². The van der Waals surface area contributed by atoms with Crippen LogP contribution in [0.4, 0.5) is 0 Å². The highest BCUT2D eigenvalue weighted by atomic mass is 16.5. The van der Waals surface area contributed by atoms with Crippen molar-refractivity contribution < 1.29 is 14.3 Å². The Hall–Kier alpha value is -2.37. The first-order valence-corrected chi connectivity index (χ1v) is 8.05. The van der Waals surface area contributed by atoms with Gasteiger partial charge in [-0.05, 0) is 24.8 Å². The Kier molecular flexibility index (Phi) is 4.60. The Balaban J connectivity index is 1.55. The zero-order valence-electron chi connectivity index (χ0n) is 13.2. The Morgan fingerprint density at radius 3 is 2.91 bits per heavy atom. The number of benzene rings is 1. The quantitative estimate of drug-likeness (QED) is 0.849. The fourth-order valence-electron chi connectivity index (χ4n) is 3.10. The molecule has 1 aromatic carbocycles. The summed E-state index contributed by atoms with van der Waals surface area (Å²) < 4.78 is 5.10. The van der Waals surface area contributed by atoms with E-state index in [1.165, 1.54) is 6.42 Å². The fourth-order valence-corrected chi connectivity index (χ4v) is 3.10. The number of H-pyrrole nitrogens is 1. The number of nitrogens with zero attached hydrogens (tertiary/aromatic N) is 1. The standard InChI is InChI=1S/C17H21N3O3/c1-11-6-2-4-8-13(11)18-15(21)10-23-17(22)16-12-7-3-5-9-14(12)19-20-16/h3,5,7,9,11,13H,2,4,6,8,10H2,1H3,(H,18,21)(H,19,20)/t11-,13+/m1/s1. The zero-order chi connectivity index (χ0) is 16.2. The summed E-state index contributed by atoms with van der Waals surface area (Å²) in [5.41, 5.74) is 0.972. The molecule has 122 valence electrons. The van der Waals surface area contributed by atoms with E-state index in [2.05, 4.69) is 22.4 Å². The van der Waals surface area contributed by atoms with Crippen molar-refractivity contribution in [2.75, 3.05) is 6.61 Å². The predicted octanol–water partition coefficient (Wildman–Crippen LogP) is 2.41. The lowest BCUT2D eigenvalue weighted by Crippen LogP contribution is -2.42. The van der Waals surface area contributed by atoms with Gasteiger partial charge in [0.25, 0.3) is 5.91 Å². The van der Waals surface area contributed by atoms with Crippen LogP contribution in [0.25, 0.3) is 10.9 Å². The number of nitrogens with one attached hydrogen (secondary N) is 2. The van der Waals surface area contributed by atoms with Gasteiger partial charge in [0.2, 0.25) is 0 Å². The van der Waals surface area contributed by atoms with Crippen LogP contribution in [0.5, 0.6) is 0 Å². The molecule has 0 aliphatic heterocycles. The molecule has 1 aromatic heterocycles. The van der Waals surface area contributed by atoms with Crippen LogP contribution in [-0.4, -0.2) is 34.7 Å². The number of aromatic amines is 1. The Labute approximate surface area is 134 Å². The topological polar surface area (TPSA) is 84.1 Å². The summed E-state index contributed by atoms with van der Waals surface area (Å²) in [4.78, 5) is 24.1. The maximum atomic E-state index is 12.1. The zero-order valence-corrected chi connectivity index (χ0v) is 13.2. The summed E-state index contributed by atoms with van der Waals surface area (Å²) >= 11 is 0. The number of hydrogen-bond acceptors (Lipinski definition) is 4. The third-order valence-corrected chi connectivity index (χ3v) is 4.46. The minimum Gasteiger partial charge on any atom is -0.451 e. The number of carbonyl (C=O) groups excluding carboxylic acids is 2.